The minimum absolute atomic E-state index is 0.0564. The Hall–Kier alpha value is -2.04. The Labute approximate surface area is 122 Å². The maximum Gasteiger partial charge on any atom is 0.331 e. The molecule has 21 heavy (non-hydrogen) atoms. The molecule has 0 unspecified atom stereocenters. The van der Waals surface area contributed by atoms with Gasteiger partial charge in [0.1, 0.15) is 5.82 Å². The van der Waals surface area contributed by atoms with Crippen LogP contribution in [0.4, 0.5) is 10.1 Å². The summed E-state index contributed by atoms with van der Waals surface area (Å²) in [6.07, 6.45) is 0.226. The fraction of sp³-hybridized carbons (Fsp3) is 0.500. The SMILES string of the molecule is [C-]#[N+]C(C)(C)OCC[C@](C)(N)c1cc([N+](=O)[O-])ccc1F. The molecule has 1 atom stereocenters. The highest BCUT2D eigenvalue weighted by Gasteiger charge is 2.29. The first-order valence-electron chi connectivity index (χ1n) is 6.35. The molecule has 6 nitrogen and oxygen atoms in total. The summed E-state index contributed by atoms with van der Waals surface area (Å²) in [5, 5.41) is 10.8. The van der Waals surface area contributed by atoms with Crippen LogP contribution in [0.25, 0.3) is 4.85 Å². The monoisotopic (exact) mass is 295 g/mol. The summed E-state index contributed by atoms with van der Waals surface area (Å²) < 4.78 is 19.2. The second-order valence-electron chi connectivity index (χ2n) is 5.50. The summed E-state index contributed by atoms with van der Waals surface area (Å²) in [7, 11) is 0. The van der Waals surface area contributed by atoms with Gasteiger partial charge in [0.15, 0.2) is 0 Å². The molecule has 0 spiro atoms. The van der Waals surface area contributed by atoms with Crippen molar-refractivity contribution in [2.45, 2.75) is 38.5 Å². The van der Waals surface area contributed by atoms with E-state index in [2.05, 4.69) is 4.85 Å². The second kappa shape index (κ2) is 6.16. The van der Waals surface area contributed by atoms with E-state index in [0.29, 0.717) is 0 Å². The average Bonchev–Trinajstić information content (AvgIpc) is 2.38. The average molecular weight is 295 g/mol. The summed E-state index contributed by atoms with van der Waals surface area (Å²) >= 11 is 0. The molecule has 0 amide bonds. The lowest BCUT2D eigenvalue weighted by Gasteiger charge is -2.26. The van der Waals surface area contributed by atoms with Crippen molar-refractivity contribution in [3.8, 4) is 0 Å². The van der Waals surface area contributed by atoms with Crippen LogP contribution in [0, 0.1) is 22.5 Å². The van der Waals surface area contributed by atoms with Gasteiger partial charge in [-0.1, -0.05) is 0 Å². The van der Waals surface area contributed by atoms with Crippen LogP contribution in [0.1, 0.15) is 32.8 Å². The highest BCUT2D eigenvalue weighted by molar-refractivity contribution is 5.38. The number of halogens is 1. The zero-order valence-corrected chi connectivity index (χ0v) is 12.2. The van der Waals surface area contributed by atoms with Crippen molar-refractivity contribution in [1.82, 2.24) is 0 Å². The third-order valence-electron chi connectivity index (χ3n) is 3.12. The molecule has 0 bridgehead atoms. The summed E-state index contributed by atoms with van der Waals surface area (Å²) in [4.78, 5) is 13.5. The van der Waals surface area contributed by atoms with Gasteiger partial charge in [0.05, 0.1) is 11.5 Å². The van der Waals surface area contributed by atoms with E-state index in [1.807, 2.05) is 0 Å². The summed E-state index contributed by atoms with van der Waals surface area (Å²) in [6, 6.07) is 3.26. The maximum absolute atomic E-state index is 13.9. The quantitative estimate of drug-likeness (QED) is 0.497. The largest absolute Gasteiger partial charge is 0.331 e. The Bertz CT molecular complexity index is 579. The maximum atomic E-state index is 13.9. The number of nitro benzene ring substituents is 1. The van der Waals surface area contributed by atoms with Gasteiger partial charge in [-0.25, -0.2) is 11.0 Å². The molecule has 2 N–H and O–H groups in total. The molecule has 7 heteroatoms. The Morgan fingerprint density at radius 3 is 2.62 bits per heavy atom. The van der Waals surface area contributed by atoms with E-state index in [4.69, 9.17) is 17.0 Å². The molecule has 0 aliphatic heterocycles. The molecule has 1 aromatic carbocycles. The predicted molar refractivity (Wildman–Crippen MR) is 75.8 cm³/mol. The number of benzene rings is 1. The lowest BCUT2D eigenvalue weighted by atomic mass is 9.89. The number of rotatable bonds is 6. The van der Waals surface area contributed by atoms with Gasteiger partial charge in [-0.15, -0.1) is 0 Å². The van der Waals surface area contributed by atoms with Crippen molar-refractivity contribution in [2.24, 2.45) is 5.73 Å². The van der Waals surface area contributed by atoms with Crippen molar-refractivity contribution >= 4 is 5.69 Å². The van der Waals surface area contributed by atoms with Gasteiger partial charge in [-0.3, -0.25) is 15.0 Å². The third kappa shape index (κ3) is 4.48. The number of non-ortho nitro benzene ring substituents is 1. The molecule has 0 heterocycles. The van der Waals surface area contributed by atoms with E-state index >= 15 is 0 Å². The van der Waals surface area contributed by atoms with E-state index in [1.165, 1.54) is 0 Å². The normalized spacial score (nSPS) is 14.3. The summed E-state index contributed by atoms with van der Waals surface area (Å²) in [5.74, 6) is -0.602. The zero-order valence-electron chi connectivity index (χ0n) is 12.2. The standard InChI is InChI=1S/C14H18FN3O3/c1-13(2,17-4)21-8-7-14(3,16)11-9-10(18(19)20)5-6-12(11)15/h5-6,9H,7-8,16H2,1-3H3/t14-/m0/s1. The number of nitro groups is 1. The number of hydrogen-bond acceptors (Lipinski definition) is 4. The molecular formula is C14H18FN3O3. The molecule has 1 aromatic rings. The van der Waals surface area contributed by atoms with Crippen molar-refractivity contribution < 1.29 is 14.1 Å². The smallest absolute Gasteiger partial charge is 0.321 e. The molecule has 0 radical (unpaired) electrons. The fourth-order valence-electron chi connectivity index (χ4n) is 1.74. The fourth-order valence-corrected chi connectivity index (χ4v) is 1.74. The van der Waals surface area contributed by atoms with Crippen LogP contribution < -0.4 is 5.73 Å². The molecule has 1 rings (SSSR count). The Morgan fingerprint density at radius 1 is 1.48 bits per heavy atom. The van der Waals surface area contributed by atoms with Gasteiger partial charge < -0.3 is 10.5 Å². The number of ether oxygens (including phenoxy) is 1. The van der Waals surface area contributed by atoms with Gasteiger partial charge in [0.25, 0.3) is 5.69 Å². The predicted octanol–water partition coefficient (Wildman–Crippen LogP) is 2.97. The van der Waals surface area contributed by atoms with E-state index in [0.717, 1.165) is 18.2 Å². The second-order valence-corrected chi connectivity index (χ2v) is 5.50. The first kappa shape index (κ1) is 17.0. The summed E-state index contributed by atoms with van der Waals surface area (Å²) in [6.45, 7) is 11.9. The highest BCUT2D eigenvalue weighted by atomic mass is 19.1. The minimum Gasteiger partial charge on any atom is -0.321 e. The van der Waals surface area contributed by atoms with E-state index in [9.17, 15) is 14.5 Å². The molecule has 0 aliphatic carbocycles. The van der Waals surface area contributed by atoms with Crippen LogP contribution in [0.5, 0.6) is 0 Å². The van der Waals surface area contributed by atoms with Crippen LogP contribution in [0.2, 0.25) is 0 Å². The van der Waals surface area contributed by atoms with Crippen molar-refractivity contribution in [3.63, 3.8) is 0 Å². The number of nitrogens with two attached hydrogens (primary N) is 1. The van der Waals surface area contributed by atoms with E-state index in [-0.39, 0.29) is 24.3 Å². The first-order valence-corrected chi connectivity index (χ1v) is 6.35. The van der Waals surface area contributed by atoms with Gasteiger partial charge in [0, 0.05) is 37.1 Å². The van der Waals surface area contributed by atoms with Crippen molar-refractivity contribution in [1.29, 1.82) is 0 Å². The summed E-state index contributed by atoms with van der Waals surface area (Å²) in [5.41, 5.74) is 3.79. The topological polar surface area (TPSA) is 82.8 Å². The lowest BCUT2D eigenvalue weighted by molar-refractivity contribution is -0.385. The van der Waals surface area contributed by atoms with Crippen LogP contribution in [-0.4, -0.2) is 17.3 Å². The molecular weight excluding hydrogens is 277 g/mol. The number of hydrogen-bond donors (Lipinski definition) is 1. The van der Waals surface area contributed by atoms with Crippen LogP contribution in [0.15, 0.2) is 18.2 Å². The minimum atomic E-state index is -1.13. The van der Waals surface area contributed by atoms with Gasteiger partial charge in [-0.05, 0) is 19.4 Å². The Balaban J connectivity index is 2.90. The van der Waals surface area contributed by atoms with Crippen LogP contribution >= 0.6 is 0 Å². The van der Waals surface area contributed by atoms with Gasteiger partial charge in [-0.2, -0.15) is 0 Å². The Morgan fingerprint density at radius 2 is 2.10 bits per heavy atom. The first-order chi connectivity index (χ1) is 9.59. The van der Waals surface area contributed by atoms with Crippen LogP contribution in [0.3, 0.4) is 0 Å². The zero-order chi connectivity index (χ0) is 16.3. The molecule has 0 fully saturated rings. The van der Waals surface area contributed by atoms with E-state index < -0.39 is 22.0 Å². The lowest BCUT2D eigenvalue weighted by Crippen LogP contribution is -2.36. The van der Waals surface area contributed by atoms with Crippen molar-refractivity contribution in [2.75, 3.05) is 6.61 Å². The molecule has 0 aliphatic rings. The molecule has 0 saturated carbocycles. The van der Waals surface area contributed by atoms with Gasteiger partial charge >= 0.3 is 5.72 Å². The van der Waals surface area contributed by atoms with Gasteiger partial charge in [0.2, 0.25) is 0 Å². The molecule has 0 saturated heterocycles. The number of nitrogens with zero attached hydrogens (tertiary/aromatic N) is 2. The highest BCUT2D eigenvalue weighted by Crippen LogP contribution is 2.28. The molecule has 114 valence electrons. The van der Waals surface area contributed by atoms with Crippen molar-refractivity contribution in [3.05, 3.63) is 51.1 Å². The Kier molecular flexibility index (Phi) is 4.99. The molecule has 0 aromatic heterocycles. The third-order valence-corrected chi connectivity index (χ3v) is 3.12. The van der Waals surface area contributed by atoms with E-state index in [1.54, 1.807) is 20.8 Å². The van der Waals surface area contributed by atoms with Crippen LogP contribution in [-0.2, 0) is 10.3 Å².